The fourth-order valence-corrected chi connectivity index (χ4v) is 4.13. The summed E-state index contributed by atoms with van der Waals surface area (Å²) in [7, 11) is 1.70. The first kappa shape index (κ1) is 24.0. The summed E-state index contributed by atoms with van der Waals surface area (Å²) >= 11 is 0. The van der Waals surface area contributed by atoms with Gasteiger partial charge in [-0.15, -0.1) is 0 Å². The molecule has 1 N–H and O–H groups in total. The van der Waals surface area contributed by atoms with E-state index in [4.69, 9.17) is 4.74 Å². The molecule has 2 heterocycles. The highest BCUT2D eigenvalue weighted by atomic mass is 19.1. The number of piperazine rings is 1. The molecule has 2 aliphatic heterocycles. The second-order valence-electron chi connectivity index (χ2n) is 9.44. The lowest BCUT2D eigenvalue weighted by molar-refractivity contribution is -0.127. The van der Waals surface area contributed by atoms with Crippen LogP contribution in [-0.2, 0) is 14.3 Å². The number of halogens is 1. The van der Waals surface area contributed by atoms with Crippen LogP contribution in [0.25, 0.3) is 0 Å². The average molecular weight is 449 g/mol. The van der Waals surface area contributed by atoms with Crippen LogP contribution < -0.4 is 5.32 Å². The van der Waals surface area contributed by atoms with Gasteiger partial charge < -0.3 is 19.9 Å². The predicted octanol–water partition coefficient (Wildman–Crippen LogP) is 2.16. The number of hydrogen-bond donors (Lipinski definition) is 1. The van der Waals surface area contributed by atoms with Crippen molar-refractivity contribution in [2.45, 2.75) is 51.3 Å². The van der Waals surface area contributed by atoms with Crippen molar-refractivity contribution in [2.24, 2.45) is 0 Å². The van der Waals surface area contributed by atoms with E-state index >= 15 is 0 Å². The maximum atomic E-state index is 13.3. The van der Waals surface area contributed by atoms with Gasteiger partial charge in [-0.1, -0.05) is 12.1 Å². The molecule has 0 saturated carbocycles. The number of ether oxygens (including phenoxy) is 1. The number of nitrogens with one attached hydrogen (secondary N) is 1. The van der Waals surface area contributed by atoms with Crippen LogP contribution in [0.3, 0.4) is 0 Å². The number of likely N-dealkylation sites (tertiary alicyclic amines) is 1. The zero-order valence-corrected chi connectivity index (χ0v) is 19.3. The van der Waals surface area contributed by atoms with Crippen molar-refractivity contribution in [3.8, 4) is 0 Å². The summed E-state index contributed by atoms with van der Waals surface area (Å²) in [5, 5.41) is 2.99. The fourth-order valence-electron chi connectivity index (χ4n) is 4.13. The highest BCUT2D eigenvalue weighted by Crippen LogP contribution is 2.32. The van der Waals surface area contributed by atoms with E-state index in [1.807, 2.05) is 20.8 Å². The average Bonchev–Trinajstić information content (AvgIpc) is 2.99. The van der Waals surface area contributed by atoms with E-state index in [1.165, 1.54) is 12.1 Å². The molecule has 9 heteroatoms. The zero-order chi connectivity index (χ0) is 23.5. The zero-order valence-electron chi connectivity index (χ0n) is 19.3. The van der Waals surface area contributed by atoms with Gasteiger partial charge in [-0.2, -0.15) is 0 Å². The van der Waals surface area contributed by atoms with Gasteiger partial charge in [-0.3, -0.25) is 14.5 Å². The molecule has 2 saturated heterocycles. The van der Waals surface area contributed by atoms with E-state index in [1.54, 1.807) is 29.0 Å². The molecular formula is C23H33FN4O4. The third-order valence-corrected chi connectivity index (χ3v) is 5.82. The number of benzene rings is 1. The summed E-state index contributed by atoms with van der Waals surface area (Å²) in [5.41, 5.74) is 0.275. The molecule has 2 unspecified atom stereocenters. The van der Waals surface area contributed by atoms with Crippen LogP contribution in [0.5, 0.6) is 0 Å². The van der Waals surface area contributed by atoms with E-state index < -0.39 is 5.60 Å². The lowest BCUT2D eigenvalue weighted by atomic mass is 10.00. The Morgan fingerprint density at radius 1 is 1.12 bits per heavy atom. The number of carbonyl (C=O) groups is 3. The van der Waals surface area contributed by atoms with Crippen molar-refractivity contribution in [1.82, 2.24) is 20.0 Å². The van der Waals surface area contributed by atoms with E-state index in [9.17, 15) is 18.8 Å². The number of amides is 3. The van der Waals surface area contributed by atoms with Gasteiger partial charge in [0.1, 0.15) is 11.4 Å². The van der Waals surface area contributed by atoms with Crippen LogP contribution in [0, 0.1) is 5.82 Å². The Kier molecular flexibility index (Phi) is 7.38. The summed E-state index contributed by atoms with van der Waals surface area (Å²) in [6.07, 6.45) is 0.215. The summed E-state index contributed by atoms with van der Waals surface area (Å²) in [6, 6.07) is 5.36. The first-order valence-corrected chi connectivity index (χ1v) is 11.0. The number of rotatable bonds is 5. The third kappa shape index (κ3) is 6.18. The van der Waals surface area contributed by atoms with E-state index in [-0.39, 0.29) is 42.2 Å². The van der Waals surface area contributed by atoms with Crippen molar-refractivity contribution < 1.29 is 23.5 Å². The summed E-state index contributed by atoms with van der Waals surface area (Å²) in [5.74, 6) is -0.518. The third-order valence-electron chi connectivity index (χ3n) is 5.82. The standard InChI is InChI=1S/C23H33FN4O4/c1-23(2,3)32-22(31)28-13-11-27(12-14-28)10-9-19(29)25-18-15-20(30)26(4)21(18)16-5-7-17(24)8-6-16/h5-8,18,21H,9-15H2,1-4H3,(H,25,29). The maximum absolute atomic E-state index is 13.3. The molecule has 1 aromatic rings. The van der Waals surface area contributed by atoms with Gasteiger partial charge in [-0.25, -0.2) is 9.18 Å². The van der Waals surface area contributed by atoms with E-state index in [0.717, 1.165) is 5.56 Å². The van der Waals surface area contributed by atoms with Crippen molar-refractivity contribution in [1.29, 1.82) is 0 Å². The van der Waals surface area contributed by atoms with Gasteiger partial charge in [0.25, 0.3) is 0 Å². The minimum absolute atomic E-state index is 0.0529. The van der Waals surface area contributed by atoms with Crippen LogP contribution in [0.2, 0.25) is 0 Å². The topological polar surface area (TPSA) is 82.2 Å². The van der Waals surface area contributed by atoms with Gasteiger partial charge in [0.2, 0.25) is 11.8 Å². The van der Waals surface area contributed by atoms with Gasteiger partial charge in [-0.05, 0) is 38.5 Å². The molecule has 176 valence electrons. The first-order valence-electron chi connectivity index (χ1n) is 11.0. The molecule has 0 spiro atoms. The minimum Gasteiger partial charge on any atom is -0.444 e. The molecule has 2 aliphatic rings. The van der Waals surface area contributed by atoms with Gasteiger partial charge in [0.15, 0.2) is 0 Å². The van der Waals surface area contributed by atoms with Crippen molar-refractivity contribution in [2.75, 3.05) is 39.8 Å². The monoisotopic (exact) mass is 448 g/mol. The number of carbonyl (C=O) groups excluding carboxylic acids is 3. The smallest absolute Gasteiger partial charge is 0.410 e. The molecule has 2 fully saturated rings. The van der Waals surface area contributed by atoms with Crippen LogP contribution >= 0.6 is 0 Å². The lowest BCUT2D eigenvalue weighted by Gasteiger charge is -2.35. The minimum atomic E-state index is -0.520. The molecule has 0 radical (unpaired) electrons. The second-order valence-corrected chi connectivity index (χ2v) is 9.44. The molecule has 0 bridgehead atoms. The Labute approximate surface area is 188 Å². The molecule has 1 aromatic carbocycles. The molecule has 3 amide bonds. The molecule has 32 heavy (non-hydrogen) atoms. The van der Waals surface area contributed by atoms with E-state index in [2.05, 4.69) is 10.2 Å². The van der Waals surface area contributed by atoms with Crippen molar-refractivity contribution >= 4 is 17.9 Å². The summed E-state index contributed by atoms with van der Waals surface area (Å²) < 4.78 is 18.7. The highest BCUT2D eigenvalue weighted by molar-refractivity contribution is 5.83. The molecular weight excluding hydrogens is 415 g/mol. The van der Waals surface area contributed by atoms with Gasteiger partial charge in [0.05, 0.1) is 12.1 Å². The van der Waals surface area contributed by atoms with Gasteiger partial charge >= 0.3 is 6.09 Å². The van der Waals surface area contributed by atoms with Crippen LogP contribution in [-0.4, -0.2) is 84.0 Å². The van der Waals surface area contributed by atoms with Gasteiger partial charge in [0, 0.05) is 52.6 Å². The van der Waals surface area contributed by atoms with Crippen LogP contribution in [0.1, 0.15) is 45.2 Å². The Morgan fingerprint density at radius 2 is 1.75 bits per heavy atom. The second kappa shape index (κ2) is 9.85. The fraction of sp³-hybridized carbons (Fsp3) is 0.609. The Balaban J connectivity index is 1.47. The number of hydrogen-bond acceptors (Lipinski definition) is 5. The Morgan fingerprint density at radius 3 is 2.34 bits per heavy atom. The lowest BCUT2D eigenvalue weighted by Crippen LogP contribution is -2.50. The highest BCUT2D eigenvalue weighted by Gasteiger charge is 2.39. The van der Waals surface area contributed by atoms with E-state index in [0.29, 0.717) is 39.1 Å². The largest absolute Gasteiger partial charge is 0.444 e. The maximum Gasteiger partial charge on any atom is 0.410 e. The van der Waals surface area contributed by atoms with Crippen molar-refractivity contribution in [3.63, 3.8) is 0 Å². The van der Waals surface area contributed by atoms with Crippen LogP contribution in [0.15, 0.2) is 24.3 Å². The molecule has 8 nitrogen and oxygen atoms in total. The predicted molar refractivity (Wildman–Crippen MR) is 117 cm³/mol. The summed E-state index contributed by atoms with van der Waals surface area (Å²) in [4.78, 5) is 42.5. The summed E-state index contributed by atoms with van der Waals surface area (Å²) in [6.45, 7) is 8.58. The van der Waals surface area contributed by atoms with Crippen molar-refractivity contribution in [3.05, 3.63) is 35.6 Å². The molecule has 0 aliphatic carbocycles. The normalized spacial score (nSPS) is 22.2. The number of nitrogens with zero attached hydrogens (tertiary/aromatic N) is 3. The quantitative estimate of drug-likeness (QED) is 0.747. The molecule has 3 rings (SSSR count). The molecule has 2 atom stereocenters. The Hall–Kier alpha value is -2.68. The SMILES string of the molecule is CN1C(=O)CC(NC(=O)CCN2CCN(C(=O)OC(C)(C)C)CC2)C1c1ccc(F)cc1. The molecule has 0 aromatic heterocycles. The van der Waals surface area contributed by atoms with Crippen LogP contribution in [0.4, 0.5) is 9.18 Å². The first-order chi connectivity index (χ1) is 15.0. The Bertz CT molecular complexity index is 831. The number of likely N-dealkylation sites (N-methyl/N-ethyl adjacent to an activating group) is 1.